The number of hydrogen-bond donors (Lipinski definition) is 2. The lowest BCUT2D eigenvalue weighted by Crippen LogP contribution is -2.68. The third-order valence-electron chi connectivity index (χ3n) is 5.35. The average Bonchev–Trinajstić information content (AvgIpc) is 2.92. The number of carboxylic acids is 2. The van der Waals surface area contributed by atoms with E-state index in [0.29, 0.717) is 0 Å². The van der Waals surface area contributed by atoms with Crippen molar-refractivity contribution in [3.63, 3.8) is 0 Å². The van der Waals surface area contributed by atoms with Crippen LogP contribution >= 0.6 is 0 Å². The van der Waals surface area contributed by atoms with Crippen molar-refractivity contribution < 1.29 is 86.7 Å². The van der Waals surface area contributed by atoms with E-state index in [0.717, 1.165) is 27.7 Å². The van der Waals surface area contributed by atoms with Crippen molar-refractivity contribution >= 4 is 34.6 Å². The summed E-state index contributed by atoms with van der Waals surface area (Å²) in [6.07, 6.45) is 20.7. The van der Waals surface area contributed by atoms with Crippen LogP contribution in [-0.4, -0.2) is 33.6 Å². The molecule has 1 aliphatic rings. The molecule has 0 saturated heterocycles. The first kappa shape index (κ1) is 36.7. The quantitative estimate of drug-likeness (QED) is 0.168. The molecule has 1 aliphatic heterocycles. The highest BCUT2D eigenvalue weighted by Gasteiger charge is 2.13. The van der Waals surface area contributed by atoms with Gasteiger partial charge in [-0.3, -0.25) is 4.79 Å². The first-order chi connectivity index (χ1) is 21.0. The molecule has 0 spiro atoms. The Morgan fingerprint density at radius 1 is 0.778 bits per heavy atom. The summed E-state index contributed by atoms with van der Waals surface area (Å²) in [5.74, 6) is -1.78. The molecule has 17 heteroatoms. The minimum Gasteiger partial charge on any atom is -0.480 e. The van der Waals surface area contributed by atoms with Crippen LogP contribution in [0.1, 0.15) is 5.56 Å². The minimum absolute atomic E-state index is 0.0838. The van der Waals surface area contributed by atoms with Gasteiger partial charge in [-0.05, 0) is 47.6 Å². The number of hydrogen-bond acceptors (Lipinski definition) is 11. The third-order valence-corrected chi connectivity index (χ3v) is 5.35. The van der Waals surface area contributed by atoms with E-state index in [1.165, 1.54) is 0 Å². The van der Waals surface area contributed by atoms with Gasteiger partial charge in [0.05, 0.1) is 0 Å². The number of carboxylic acid groups (broad SMARTS) is 2. The molecule has 0 saturated carbocycles. The number of fused-ring (bicyclic) bond motifs is 1. The van der Waals surface area contributed by atoms with E-state index in [2.05, 4.69) is 22.8 Å². The van der Waals surface area contributed by atoms with Gasteiger partial charge in [0, 0.05) is 54.2 Å². The fourth-order valence-electron chi connectivity index (χ4n) is 3.65. The van der Waals surface area contributed by atoms with Crippen LogP contribution in [0.25, 0.3) is 22.7 Å². The molecule has 0 bridgehead atoms. The lowest BCUT2D eigenvalue weighted by atomic mass is 10.1. The molecule has 0 amide bonds. The standard InChI is InChI=1S/C28H23N3O4.2ClHO4/c32-27(33)20-29-16-11-22(12-17-29)7-9-25(31-15-3-5-24-4-1-2-6-26(24)31)10-8-23-13-18-30(19-14-23)21-28(34)35;2*2-1(3,4)5/h1-19H,20-21H2;2*(H,2,3,4,5). The Morgan fingerprint density at radius 3 is 1.89 bits per heavy atom. The first-order valence-electron chi connectivity index (χ1n) is 12.3. The molecule has 1 aromatic carbocycles. The van der Waals surface area contributed by atoms with Crippen LogP contribution in [0, 0.1) is 20.5 Å². The van der Waals surface area contributed by atoms with Crippen LogP contribution in [0.15, 0.2) is 115 Å². The van der Waals surface area contributed by atoms with E-state index >= 15 is 0 Å². The van der Waals surface area contributed by atoms with Gasteiger partial charge in [-0.1, -0.05) is 12.1 Å². The van der Waals surface area contributed by atoms with Gasteiger partial charge in [0.25, 0.3) is 0 Å². The Hall–Kier alpha value is -4.52. The third kappa shape index (κ3) is 16.2. The molecular formula is C28H25Cl2N3O12. The summed E-state index contributed by atoms with van der Waals surface area (Å²) >= 11 is 0. The summed E-state index contributed by atoms with van der Waals surface area (Å²) in [6.45, 7) is -0.168. The number of aromatic nitrogens is 2. The second kappa shape index (κ2) is 17.1. The van der Waals surface area contributed by atoms with Crippen molar-refractivity contribution in [3.05, 3.63) is 121 Å². The molecule has 0 fully saturated rings. The van der Waals surface area contributed by atoms with E-state index in [1.54, 1.807) is 34.3 Å². The number of allylic oxidation sites excluding steroid dienone is 7. The van der Waals surface area contributed by atoms with Crippen molar-refractivity contribution in [2.75, 3.05) is 6.54 Å². The molecule has 2 N–H and O–H groups in total. The molecule has 3 heterocycles. The monoisotopic (exact) mass is 665 g/mol. The molecule has 238 valence electrons. The van der Waals surface area contributed by atoms with Gasteiger partial charge in [0.15, 0.2) is 18.6 Å². The molecule has 0 unspecified atom stereocenters. The number of pyridine rings is 2. The fraction of sp³-hybridized carbons (Fsp3) is 0.0714. The molecular weight excluding hydrogens is 641 g/mol. The zero-order valence-electron chi connectivity index (χ0n) is 23.0. The van der Waals surface area contributed by atoms with Crippen LogP contribution in [0.3, 0.4) is 0 Å². The van der Waals surface area contributed by atoms with Gasteiger partial charge in [-0.2, -0.15) is 9.13 Å². The Labute approximate surface area is 260 Å². The molecule has 2 aromatic heterocycles. The lowest BCUT2D eigenvalue weighted by Gasteiger charge is -2.17. The number of para-hydroxylation sites is 1. The normalized spacial score (nSPS) is 13.2. The second-order valence-corrected chi connectivity index (χ2v) is 10.2. The van der Waals surface area contributed by atoms with Gasteiger partial charge in [-0.15, -0.1) is 20.5 Å². The Morgan fingerprint density at radius 2 is 1.33 bits per heavy atom. The Kier molecular flexibility index (Phi) is 13.9. The Balaban J connectivity index is 0.000000613. The molecule has 0 radical (unpaired) electrons. The SMILES string of the molecule is O=C(O)CN1C=CC(=C/C=C(/C=C/c2cc[n+](CC(=O)O)cc2)[n+]2cccc3ccccc32)C=C1.[O-][Cl+3]([O-])([O-])[O-].[O-][Cl+3]([O-])([O-])[O-]. The van der Waals surface area contributed by atoms with Gasteiger partial charge >= 0.3 is 11.9 Å². The van der Waals surface area contributed by atoms with Gasteiger partial charge in [-0.25, -0.2) is 42.1 Å². The fourth-order valence-corrected chi connectivity index (χ4v) is 3.65. The molecule has 4 rings (SSSR count). The first-order valence-corrected chi connectivity index (χ1v) is 14.7. The number of rotatable bonds is 8. The maximum atomic E-state index is 10.9. The number of nitrogens with zero attached hydrogens (tertiary/aromatic N) is 3. The summed E-state index contributed by atoms with van der Waals surface area (Å²) in [4.78, 5) is 23.4. The van der Waals surface area contributed by atoms with Crippen LogP contribution in [0.4, 0.5) is 0 Å². The summed E-state index contributed by atoms with van der Waals surface area (Å²) in [5.41, 5.74) is 3.85. The largest absolute Gasteiger partial charge is 0.480 e. The summed E-state index contributed by atoms with van der Waals surface area (Å²) in [5, 5.41) is 19.0. The van der Waals surface area contributed by atoms with Crippen molar-refractivity contribution in [3.8, 4) is 0 Å². The van der Waals surface area contributed by atoms with Crippen molar-refractivity contribution in [2.24, 2.45) is 0 Å². The summed E-state index contributed by atoms with van der Waals surface area (Å²) in [7, 11) is -9.89. The highest BCUT2D eigenvalue weighted by Crippen LogP contribution is 2.14. The molecule has 45 heavy (non-hydrogen) atoms. The molecule has 3 aromatic rings. The zero-order valence-corrected chi connectivity index (χ0v) is 24.5. The van der Waals surface area contributed by atoms with Gasteiger partial charge in [0.1, 0.15) is 6.54 Å². The molecule has 15 nitrogen and oxygen atoms in total. The molecule has 0 atom stereocenters. The van der Waals surface area contributed by atoms with Gasteiger partial charge in [0.2, 0.25) is 17.8 Å². The Bertz CT molecular complexity index is 1560. The maximum absolute atomic E-state index is 10.9. The second-order valence-electron chi connectivity index (χ2n) is 8.68. The van der Waals surface area contributed by atoms with Crippen LogP contribution in [0.2, 0.25) is 0 Å². The number of benzene rings is 1. The maximum Gasteiger partial charge on any atom is 0.370 e. The predicted molar refractivity (Wildman–Crippen MR) is 132 cm³/mol. The van der Waals surface area contributed by atoms with Crippen LogP contribution in [-0.2, 0) is 16.1 Å². The summed E-state index contributed by atoms with van der Waals surface area (Å²) in [6, 6.07) is 15.9. The van der Waals surface area contributed by atoms with Crippen LogP contribution in [0.5, 0.6) is 0 Å². The van der Waals surface area contributed by atoms with E-state index in [1.807, 2.05) is 73.0 Å². The van der Waals surface area contributed by atoms with E-state index in [-0.39, 0.29) is 13.1 Å². The van der Waals surface area contributed by atoms with Gasteiger partial charge < -0.3 is 15.1 Å². The topological polar surface area (TPSA) is 270 Å². The highest BCUT2D eigenvalue weighted by molar-refractivity contribution is 5.77. The smallest absolute Gasteiger partial charge is 0.370 e. The van der Waals surface area contributed by atoms with Crippen molar-refractivity contribution in [1.29, 1.82) is 0 Å². The van der Waals surface area contributed by atoms with Crippen molar-refractivity contribution in [1.82, 2.24) is 4.90 Å². The van der Waals surface area contributed by atoms with E-state index in [4.69, 9.17) is 47.5 Å². The predicted octanol–water partition coefficient (Wildman–Crippen LogP) is -6.10. The lowest BCUT2D eigenvalue weighted by molar-refractivity contribution is -2.00. The summed E-state index contributed by atoms with van der Waals surface area (Å²) < 4.78 is 71.7. The zero-order chi connectivity index (χ0) is 33.6. The average molecular weight is 666 g/mol. The van der Waals surface area contributed by atoms with Crippen LogP contribution < -0.4 is 46.4 Å². The number of carbonyl (C=O) groups is 2. The van der Waals surface area contributed by atoms with E-state index < -0.39 is 32.4 Å². The number of halogens is 2. The highest BCUT2D eigenvalue weighted by atomic mass is 35.7. The van der Waals surface area contributed by atoms with Crippen molar-refractivity contribution in [2.45, 2.75) is 6.54 Å². The van der Waals surface area contributed by atoms with E-state index in [9.17, 15) is 9.59 Å². The minimum atomic E-state index is -4.94. The number of aliphatic carboxylic acids is 2. The molecule has 0 aliphatic carbocycles.